The summed E-state index contributed by atoms with van der Waals surface area (Å²) in [6.45, 7) is 8.54. The van der Waals surface area contributed by atoms with Gasteiger partial charge in [0.05, 0.1) is 17.3 Å². The summed E-state index contributed by atoms with van der Waals surface area (Å²) >= 11 is 1.49. The zero-order chi connectivity index (χ0) is 21.0. The normalized spacial score (nSPS) is 20.1. The summed E-state index contributed by atoms with van der Waals surface area (Å²) in [5.74, 6) is 1.35. The number of aryl methyl sites for hydroxylation is 2. The lowest BCUT2D eigenvalue weighted by Crippen LogP contribution is -2.50. The van der Waals surface area contributed by atoms with Gasteiger partial charge in [0.15, 0.2) is 5.96 Å². The van der Waals surface area contributed by atoms with Crippen molar-refractivity contribution in [2.45, 2.75) is 38.1 Å². The first kappa shape index (κ1) is 25.1. The second-order valence-electron chi connectivity index (χ2n) is 7.44. The minimum absolute atomic E-state index is 0. The number of nitrogens with one attached hydrogen (secondary N) is 2. The SMILES string of the molecule is CN=C(NCCNS(=O)(=O)c1cc(C)sc1C)N1CCC(C)C(n2ccnc2)C1.I. The molecular weight excluding hydrogens is 535 g/mol. The molecule has 0 bridgehead atoms. The average molecular weight is 567 g/mol. The molecule has 3 heterocycles. The molecule has 0 spiro atoms. The Morgan fingerprint density at radius 1 is 1.37 bits per heavy atom. The summed E-state index contributed by atoms with van der Waals surface area (Å²) in [4.78, 5) is 13.0. The van der Waals surface area contributed by atoms with E-state index in [2.05, 4.69) is 36.4 Å². The highest BCUT2D eigenvalue weighted by Gasteiger charge is 2.28. The molecule has 11 heteroatoms. The molecule has 0 aromatic carbocycles. The Bertz CT molecular complexity index is 942. The van der Waals surface area contributed by atoms with E-state index >= 15 is 0 Å². The van der Waals surface area contributed by atoms with E-state index in [0.29, 0.717) is 29.9 Å². The number of aliphatic imine (C=N–C) groups is 1. The summed E-state index contributed by atoms with van der Waals surface area (Å²) in [5, 5.41) is 3.29. The van der Waals surface area contributed by atoms with Gasteiger partial charge in [-0.1, -0.05) is 6.92 Å². The molecule has 2 N–H and O–H groups in total. The Kier molecular flexibility index (Phi) is 9.13. The van der Waals surface area contributed by atoms with Gasteiger partial charge in [0.2, 0.25) is 10.0 Å². The number of halogens is 1. The van der Waals surface area contributed by atoms with E-state index < -0.39 is 10.0 Å². The highest BCUT2D eigenvalue weighted by molar-refractivity contribution is 14.0. The topological polar surface area (TPSA) is 91.6 Å². The molecule has 1 aliphatic heterocycles. The van der Waals surface area contributed by atoms with E-state index in [9.17, 15) is 8.42 Å². The zero-order valence-electron chi connectivity index (χ0n) is 17.8. The molecule has 30 heavy (non-hydrogen) atoms. The number of likely N-dealkylation sites (tertiary alicyclic amines) is 1. The van der Waals surface area contributed by atoms with E-state index in [0.717, 1.165) is 35.2 Å². The van der Waals surface area contributed by atoms with Crippen LogP contribution < -0.4 is 10.0 Å². The Hall–Kier alpha value is -1.18. The molecule has 2 atom stereocenters. The third-order valence-corrected chi connectivity index (χ3v) is 8.01. The van der Waals surface area contributed by atoms with Crippen LogP contribution in [0.2, 0.25) is 0 Å². The van der Waals surface area contributed by atoms with E-state index in [1.54, 1.807) is 13.1 Å². The molecule has 2 aromatic rings. The van der Waals surface area contributed by atoms with Gasteiger partial charge in [0.25, 0.3) is 0 Å². The molecule has 0 saturated carbocycles. The molecule has 3 rings (SSSR count). The third kappa shape index (κ3) is 5.95. The van der Waals surface area contributed by atoms with Gasteiger partial charge >= 0.3 is 0 Å². The number of guanidine groups is 1. The summed E-state index contributed by atoms with van der Waals surface area (Å²) < 4.78 is 29.9. The van der Waals surface area contributed by atoms with Crippen LogP contribution in [-0.4, -0.2) is 62.1 Å². The third-order valence-electron chi connectivity index (χ3n) is 5.32. The van der Waals surface area contributed by atoms with Crippen LogP contribution in [0, 0.1) is 19.8 Å². The highest BCUT2D eigenvalue weighted by Crippen LogP contribution is 2.27. The summed E-state index contributed by atoms with van der Waals surface area (Å²) in [6.07, 6.45) is 6.74. The lowest BCUT2D eigenvalue weighted by atomic mass is 9.93. The number of piperidine rings is 1. The van der Waals surface area contributed by atoms with Crippen LogP contribution in [0.15, 0.2) is 34.7 Å². The number of hydrogen-bond acceptors (Lipinski definition) is 5. The quantitative estimate of drug-likeness (QED) is 0.243. The van der Waals surface area contributed by atoms with E-state index in [-0.39, 0.29) is 24.0 Å². The van der Waals surface area contributed by atoms with Crippen molar-refractivity contribution in [3.05, 3.63) is 34.5 Å². The van der Waals surface area contributed by atoms with Gasteiger partial charge < -0.3 is 14.8 Å². The number of nitrogens with zero attached hydrogens (tertiary/aromatic N) is 4. The molecule has 8 nitrogen and oxygen atoms in total. The highest BCUT2D eigenvalue weighted by atomic mass is 127. The Morgan fingerprint density at radius 2 is 2.13 bits per heavy atom. The summed E-state index contributed by atoms with van der Waals surface area (Å²) in [7, 11) is -1.73. The largest absolute Gasteiger partial charge is 0.355 e. The standard InChI is InChI=1S/C19H30N6O2S2.HI/c1-14-5-9-24(12-17(14)25-10-8-21-13-25)19(20-4)22-6-7-23-29(26,27)18-11-15(2)28-16(18)3;/h8,10-11,13-14,17,23H,5-7,9,12H2,1-4H3,(H,20,22);1H. The van der Waals surface area contributed by atoms with Crippen LogP contribution in [-0.2, 0) is 10.0 Å². The fraction of sp³-hybridized carbons (Fsp3) is 0.579. The van der Waals surface area contributed by atoms with Gasteiger partial charge in [-0.05, 0) is 32.3 Å². The van der Waals surface area contributed by atoms with Crippen molar-refractivity contribution in [2.75, 3.05) is 33.2 Å². The average Bonchev–Trinajstić information content (AvgIpc) is 3.32. The fourth-order valence-corrected chi connectivity index (χ4v) is 6.32. The van der Waals surface area contributed by atoms with Crippen molar-refractivity contribution in [1.82, 2.24) is 24.5 Å². The van der Waals surface area contributed by atoms with E-state index in [4.69, 9.17) is 0 Å². The van der Waals surface area contributed by atoms with Crippen LogP contribution in [0.5, 0.6) is 0 Å². The van der Waals surface area contributed by atoms with Gasteiger partial charge in [-0.15, -0.1) is 35.3 Å². The van der Waals surface area contributed by atoms with Crippen molar-refractivity contribution in [2.24, 2.45) is 10.9 Å². The molecule has 1 saturated heterocycles. The van der Waals surface area contributed by atoms with E-state index in [1.165, 1.54) is 11.3 Å². The first-order valence-electron chi connectivity index (χ1n) is 9.81. The van der Waals surface area contributed by atoms with Crippen molar-refractivity contribution < 1.29 is 8.42 Å². The van der Waals surface area contributed by atoms with Crippen LogP contribution >= 0.6 is 35.3 Å². The maximum absolute atomic E-state index is 12.5. The monoisotopic (exact) mass is 566 g/mol. The van der Waals surface area contributed by atoms with Crippen LogP contribution in [0.3, 0.4) is 0 Å². The number of rotatable bonds is 6. The molecular formula is C19H31IN6O2S2. The fourth-order valence-electron chi connectivity index (χ4n) is 3.74. The van der Waals surface area contributed by atoms with Gasteiger partial charge in [0.1, 0.15) is 0 Å². The van der Waals surface area contributed by atoms with E-state index in [1.807, 2.05) is 32.6 Å². The predicted molar refractivity (Wildman–Crippen MR) is 132 cm³/mol. The number of aromatic nitrogens is 2. The van der Waals surface area contributed by atoms with Crippen molar-refractivity contribution in [1.29, 1.82) is 0 Å². The van der Waals surface area contributed by atoms with Crippen molar-refractivity contribution in [3.63, 3.8) is 0 Å². The number of sulfonamides is 1. The lowest BCUT2D eigenvalue weighted by Gasteiger charge is -2.39. The number of imidazole rings is 1. The minimum Gasteiger partial charge on any atom is -0.355 e. The van der Waals surface area contributed by atoms with Crippen LogP contribution in [0.1, 0.15) is 29.1 Å². The van der Waals surface area contributed by atoms with Gasteiger partial charge in [-0.3, -0.25) is 4.99 Å². The van der Waals surface area contributed by atoms with Crippen molar-refractivity contribution in [3.8, 4) is 0 Å². The Morgan fingerprint density at radius 3 is 2.73 bits per heavy atom. The van der Waals surface area contributed by atoms with Gasteiger partial charge in [-0.25, -0.2) is 18.1 Å². The Balaban J connectivity index is 0.00000320. The maximum atomic E-state index is 12.5. The molecule has 168 valence electrons. The number of hydrogen-bond donors (Lipinski definition) is 2. The minimum atomic E-state index is -3.49. The predicted octanol–water partition coefficient (Wildman–Crippen LogP) is 2.62. The second-order valence-corrected chi connectivity index (χ2v) is 10.6. The zero-order valence-corrected chi connectivity index (χ0v) is 21.8. The van der Waals surface area contributed by atoms with Crippen molar-refractivity contribution >= 4 is 51.3 Å². The molecule has 0 aliphatic carbocycles. The second kappa shape index (κ2) is 10.9. The lowest BCUT2D eigenvalue weighted by molar-refractivity contribution is 0.189. The van der Waals surface area contributed by atoms with Gasteiger partial charge in [0, 0.05) is 55.4 Å². The number of thiophene rings is 1. The molecule has 0 radical (unpaired) electrons. The molecule has 2 aromatic heterocycles. The summed E-state index contributed by atoms with van der Waals surface area (Å²) in [6, 6.07) is 2.06. The molecule has 2 unspecified atom stereocenters. The smallest absolute Gasteiger partial charge is 0.241 e. The molecule has 1 aliphatic rings. The Labute approximate surface area is 200 Å². The summed E-state index contributed by atoms with van der Waals surface area (Å²) in [5.41, 5.74) is 0. The maximum Gasteiger partial charge on any atom is 0.241 e. The van der Waals surface area contributed by atoms with Gasteiger partial charge in [-0.2, -0.15) is 0 Å². The molecule has 1 fully saturated rings. The molecule has 0 amide bonds. The first-order valence-corrected chi connectivity index (χ1v) is 12.1. The first-order chi connectivity index (χ1) is 13.8. The van der Waals surface area contributed by atoms with Crippen LogP contribution in [0.4, 0.5) is 0 Å². The van der Waals surface area contributed by atoms with Crippen LogP contribution in [0.25, 0.3) is 0 Å².